The SMILES string of the molecule is Cl.Cl.O=C(O)CCN1CCN(c2cccc(Cl)c2)CC1. The molecular formula is C13H19Cl3N2O2. The Labute approximate surface area is 136 Å². The number of rotatable bonds is 4. The molecule has 0 atom stereocenters. The molecule has 0 spiro atoms. The van der Waals surface area contributed by atoms with Gasteiger partial charge in [0.2, 0.25) is 0 Å². The summed E-state index contributed by atoms with van der Waals surface area (Å²) >= 11 is 5.97. The third-order valence-corrected chi connectivity index (χ3v) is 3.42. The van der Waals surface area contributed by atoms with E-state index in [0.717, 1.165) is 36.9 Å². The first-order valence-corrected chi connectivity index (χ1v) is 6.47. The fourth-order valence-electron chi connectivity index (χ4n) is 2.16. The highest BCUT2D eigenvalue weighted by molar-refractivity contribution is 6.30. The van der Waals surface area contributed by atoms with Crippen LogP contribution in [0.4, 0.5) is 5.69 Å². The van der Waals surface area contributed by atoms with Gasteiger partial charge in [0, 0.05) is 43.4 Å². The lowest BCUT2D eigenvalue weighted by Gasteiger charge is -2.35. The summed E-state index contributed by atoms with van der Waals surface area (Å²) in [7, 11) is 0. The molecule has 0 amide bonds. The van der Waals surface area contributed by atoms with E-state index in [1.165, 1.54) is 0 Å². The number of anilines is 1. The predicted octanol–water partition coefficient (Wildman–Crippen LogP) is 2.78. The second-order valence-corrected chi connectivity index (χ2v) is 4.89. The molecule has 1 aromatic carbocycles. The highest BCUT2D eigenvalue weighted by Crippen LogP contribution is 2.20. The number of carbonyl (C=O) groups is 1. The maximum atomic E-state index is 10.5. The average Bonchev–Trinajstić information content (AvgIpc) is 2.37. The predicted molar refractivity (Wildman–Crippen MR) is 86.9 cm³/mol. The highest BCUT2D eigenvalue weighted by atomic mass is 35.5. The van der Waals surface area contributed by atoms with Gasteiger partial charge < -0.3 is 10.0 Å². The Kier molecular flexibility index (Phi) is 8.98. The van der Waals surface area contributed by atoms with Crippen molar-refractivity contribution in [1.82, 2.24) is 4.90 Å². The number of hydrogen-bond acceptors (Lipinski definition) is 3. The maximum Gasteiger partial charge on any atom is 0.304 e. The molecule has 1 aliphatic heterocycles. The number of piperazine rings is 1. The first kappa shape index (κ1) is 19.3. The molecular weight excluding hydrogens is 323 g/mol. The zero-order valence-electron chi connectivity index (χ0n) is 11.0. The quantitative estimate of drug-likeness (QED) is 0.914. The van der Waals surface area contributed by atoms with Crippen LogP contribution in [-0.2, 0) is 4.79 Å². The minimum absolute atomic E-state index is 0. The number of benzene rings is 1. The number of aliphatic carboxylic acids is 1. The van der Waals surface area contributed by atoms with Gasteiger partial charge in [0.25, 0.3) is 0 Å². The van der Waals surface area contributed by atoms with Crippen LogP contribution in [0.25, 0.3) is 0 Å². The molecule has 20 heavy (non-hydrogen) atoms. The van der Waals surface area contributed by atoms with Crippen LogP contribution in [0.5, 0.6) is 0 Å². The Bertz CT molecular complexity index is 424. The van der Waals surface area contributed by atoms with E-state index in [1.807, 2.05) is 18.2 Å². The van der Waals surface area contributed by atoms with Crippen LogP contribution in [0.2, 0.25) is 5.02 Å². The standard InChI is InChI=1S/C13H17ClN2O2.2ClH/c14-11-2-1-3-12(10-11)16-8-6-15(7-9-16)5-4-13(17)18;;/h1-3,10H,4-9H2,(H,17,18);2*1H. The van der Waals surface area contributed by atoms with Crippen molar-refractivity contribution in [2.45, 2.75) is 6.42 Å². The smallest absolute Gasteiger partial charge is 0.304 e. The molecule has 0 bridgehead atoms. The lowest BCUT2D eigenvalue weighted by molar-refractivity contribution is -0.137. The van der Waals surface area contributed by atoms with Crippen LogP contribution in [0, 0.1) is 0 Å². The molecule has 1 saturated heterocycles. The molecule has 2 rings (SSSR count). The van der Waals surface area contributed by atoms with Gasteiger partial charge in [-0.25, -0.2) is 0 Å². The molecule has 1 fully saturated rings. The summed E-state index contributed by atoms with van der Waals surface area (Å²) in [5.74, 6) is -0.729. The molecule has 0 radical (unpaired) electrons. The molecule has 1 aromatic rings. The zero-order chi connectivity index (χ0) is 13.0. The van der Waals surface area contributed by atoms with Gasteiger partial charge in [-0.1, -0.05) is 17.7 Å². The molecule has 0 aromatic heterocycles. The van der Waals surface area contributed by atoms with Crippen molar-refractivity contribution in [3.8, 4) is 0 Å². The number of carboxylic acid groups (broad SMARTS) is 1. The Balaban J connectivity index is 0.00000180. The molecule has 1 heterocycles. The van der Waals surface area contributed by atoms with Crippen LogP contribution in [-0.4, -0.2) is 48.7 Å². The molecule has 0 aliphatic carbocycles. The van der Waals surface area contributed by atoms with Gasteiger partial charge in [-0.2, -0.15) is 0 Å². The van der Waals surface area contributed by atoms with Crippen molar-refractivity contribution in [3.05, 3.63) is 29.3 Å². The lowest BCUT2D eigenvalue weighted by Crippen LogP contribution is -2.46. The molecule has 1 aliphatic rings. The van der Waals surface area contributed by atoms with E-state index in [2.05, 4.69) is 15.9 Å². The summed E-state index contributed by atoms with van der Waals surface area (Å²) in [6.07, 6.45) is 0.219. The van der Waals surface area contributed by atoms with Crippen LogP contribution in [0.1, 0.15) is 6.42 Å². The first-order chi connectivity index (χ1) is 8.65. The maximum absolute atomic E-state index is 10.5. The van der Waals surface area contributed by atoms with Crippen LogP contribution < -0.4 is 4.90 Å². The van der Waals surface area contributed by atoms with E-state index in [0.29, 0.717) is 6.54 Å². The Morgan fingerprint density at radius 2 is 1.85 bits per heavy atom. The van der Waals surface area contributed by atoms with Crippen molar-refractivity contribution in [1.29, 1.82) is 0 Å². The first-order valence-electron chi connectivity index (χ1n) is 6.10. The van der Waals surface area contributed by atoms with E-state index in [-0.39, 0.29) is 31.2 Å². The van der Waals surface area contributed by atoms with Crippen molar-refractivity contribution >= 4 is 48.1 Å². The van der Waals surface area contributed by atoms with Gasteiger partial charge in [0.1, 0.15) is 0 Å². The van der Waals surface area contributed by atoms with Gasteiger partial charge in [0.05, 0.1) is 6.42 Å². The van der Waals surface area contributed by atoms with E-state index in [9.17, 15) is 4.79 Å². The highest BCUT2D eigenvalue weighted by Gasteiger charge is 2.17. The largest absolute Gasteiger partial charge is 0.481 e. The summed E-state index contributed by atoms with van der Waals surface area (Å²) < 4.78 is 0. The third kappa shape index (κ3) is 5.75. The normalized spacial score (nSPS) is 15.2. The minimum atomic E-state index is -0.729. The average molecular weight is 342 g/mol. The summed E-state index contributed by atoms with van der Waals surface area (Å²) in [6, 6.07) is 7.84. The van der Waals surface area contributed by atoms with E-state index < -0.39 is 5.97 Å². The van der Waals surface area contributed by atoms with Crippen molar-refractivity contribution in [2.24, 2.45) is 0 Å². The molecule has 4 nitrogen and oxygen atoms in total. The fraction of sp³-hybridized carbons (Fsp3) is 0.462. The van der Waals surface area contributed by atoms with Gasteiger partial charge in [0.15, 0.2) is 0 Å². The zero-order valence-corrected chi connectivity index (χ0v) is 13.4. The van der Waals surface area contributed by atoms with E-state index in [4.69, 9.17) is 16.7 Å². The lowest BCUT2D eigenvalue weighted by atomic mass is 10.2. The Hall–Kier alpha value is -0.680. The van der Waals surface area contributed by atoms with Gasteiger partial charge in [-0.15, -0.1) is 24.8 Å². The summed E-state index contributed by atoms with van der Waals surface area (Å²) in [5, 5.41) is 9.40. The monoisotopic (exact) mass is 340 g/mol. The number of nitrogens with zero attached hydrogens (tertiary/aromatic N) is 2. The summed E-state index contributed by atoms with van der Waals surface area (Å²) in [4.78, 5) is 15.0. The third-order valence-electron chi connectivity index (χ3n) is 3.19. The molecule has 1 N–H and O–H groups in total. The number of carboxylic acids is 1. The fourth-order valence-corrected chi connectivity index (χ4v) is 2.34. The summed E-state index contributed by atoms with van der Waals surface area (Å²) in [6.45, 7) is 4.28. The Morgan fingerprint density at radius 3 is 2.40 bits per heavy atom. The topological polar surface area (TPSA) is 43.8 Å². The van der Waals surface area contributed by atoms with Gasteiger partial charge in [-0.3, -0.25) is 9.69 Å². The van der Waals surface area contributed by atoms with Gasteiger partial charge in [-0.05, 0) is 18.2 Å². The molecule has 114 valence electrons. The second kappa shape index (κ2) is 9.29. The van der Waals surface area contributed by atoms with E-state index >= 15 is 0 Å². The Morgan fingerprint density at radius 1 is 1.20 bits per heavy atom. The second-order valence-electron chi connectivity index (χ2n) is 4.45. The molecule has 7 heteroatoms. The molecule has 0 unspecified atom stereocenters. The minimum Gasteiger partial charge on any atom is -0.481 e. The van der Waals surface area contributed by atoms with E-state index in [1.54, 1.807) is 0 Å². The number of halogens is 3. The van der Waals surface area contributed by atoms with Crippen molar-refractivity contribution in [2.75, 3.05) is 37.6 Å². The van der Waals surface area contributed by atoms with Gasteiger partial charge >= 0.3 is 5.97 Å². The van der Waals surface area contributed by atoms with Crippen LogP contribution in [0.3, 0.4) is 0 Å². The molecule has 0 saturated carbocycles. The van der Waals surface area contributed by atoms with Crippen LogP contribution >= 0.6 is 36.4 Å². The summed E-state index contributed by atoms with van der Waals surface area (Å²) in [5.41, 5.74) is 1.14. The van der Waals surface area contributed by atoms with Crippen LogP contribution in [0.15, 0.2) is 24.3 Å². The van der Waals surface area contributed by atoms with Crippen molar-refractivity contribution < 1.29 is 9.90 Å². The van der Waals surface area contributed by atoms with Crippen molar-refractivity contribution in [3.63, 3.8) is 0 Å². The number of hydrogen-bond donors (Lipinski definition) is 1.